The Morgan fingerprint density at radius 3 is 2.06 bits per heavy atom. The highest BCUT2D eigenvalue weighted by Gasteiger charge is 2.19. The molecule has 0 saturated carbocycles. The summed E-state index contributed by atoms with van der Waals surface area (Å²) in [6.07, 6.45) is 0. The molecule has 0 aromatic heterocycles. The molecule has 1 aromatic rings. The number of nitrogens with zero attached hydrogens (tertiary/aromatic N) is 2. The van der Waals surface area contributed by atoms with Crippen LogP contribution in [0.15, 0.2) is 12.1 Å². The minimum atomic E-state index is 0.266. The number of piperazine rings is 1. The topological polar surface area (TPSA) is 26.7 Å². The van der Waals surface area contributed by atoms with Crippen LogP contribution in [0.1, 0.15) is 16.7 Å². The van der Waals surface area contributed by atoms with Gasteiger partial charge < -0.3 is 10.0 Å². The lowest BCUT2D eigenvalue weighted by Crippen LogP contribution is -2.47. The van der Waals surface area contributed by atoms with E-state index in [2.05, 4.69) is 42.7 Å². The molecule has 18 heavy (non-hydrogen) atoms. The average molecular weight is 248 g/mol. The van der Waals surface area contributed by atoms with Crippen LogP contribution in [0.5, 0.6) is 0 Å². The standard InChI is InChI=1S/C15H24N2O/c1-12-10-13(2)15(14(3)11-12)17-6-4-16(5-7-17)8-9-18/h10-11,18H,4-9H2,1-3H3. The fourth-order valence-electron chi connectivity index (χ4n) is 3.01. The molecule has 0 spiro atoms. The van der Waals surface area contributed by atoms with E-state index in [4.69, 9.17) is 5.11 Å². The zero-order chi connectivity index (χ0) is 13.1. The van der Waals surface area contributed by atoms with E-state index in [-0.39, 0.29) is 6.61 Å². The number of β-amino-alcohol motifs (C(OH)–C–C–N with tert-alkyl or cyclic N) is 1. The van der Waals surface area contributed by atoms with Crippen molar-refractivity contribution in [3.63, 3.8) is 0 Å². The molecule has 1 aliphatic rings. The van der Waals surface area contributed by atoms with Crippen LogP contribution in [0.3, 0.4) is 0 Å². The van der Waals surface area contributed by atoms with E-state index in [9.17, 15) is 0 Å². The Morgan fingerprint density at radius 2 is 1.56 bits per heavy atom. The van der Waals surface area contributed by atoms with Gasteiger partial charge in [0, 0.05) is 38.4 Å². The number of aliphatic hydroxyl groups is 1. The van der Waals surface area contributed by atoms with Gasteiger partial charge in [-0.25, -0.2) is 0 Å². The normalized spacial score (nSPS) is 17.2. The maximum atomic E-state index is 8.96. The van der Waals surface area contributed by atoms with Crippen LogP contribution in [0.4, 0.5) is 5.69 Å². The highest BCUT2D eigenvalue weighted by Crippen LogP contribution is 2.27. The summed E-state index contributed by atoms with van der Waals surface area (Å²) < 4.78 is 0. The SMILES string of the molecule is Cc1cc(C)c(N2CCN(CCO)CC2)c(C)c1. The van der Waals surface area contributed by atoms with E-state index in [1.54, 1.807) is 0 Å². The molecule has 1 saturated heterocycles. The van der Waals surface area contributed by atoms with E-state index in [1.807, 2.05) is 0 Å². The maximum absolute atomic E-state index is 8.96. The number of hydrogen-bond acceptors (Lipinski definition) is 3. The van der Waals surface area contributed by atoms with Crippen molar-refractivity contribution < 1.29 is 5.11 Å². The second kappa shape index (κ2) is 5.72. The molecule has 0 radical (unpaired) electrons. The van der Waals surface area contributed by atoms with Crippen molar-refractivity contribution in [3.05, 3.63) is 28.8 Å². The van der Waals surface area contributed by atoms with Gasteiger partial charge >= 0.3 is 0 Å². The van der Waals surface area contributed by atoms with Gasteiger partial charge in [-0.3, -0.25) is 4.90 Å². The summed E-state index contributed by atoms with van der Waals surface area (Å²) in [5.41, 5.74) is 5.50. The number of hydrogen-bond donors (Lipinski definition) is 1. The fourth-order valence-corrected chi connectivity index (χ4v) is 3.01. The maximum Gasteiger partial charge on any atom is 0.0558 e. The first-order chi connectivity index (χ1) is 8.61. The summed E-state index contributed by atoms with van der Waals surface area (Å²) in [5.74, 6) is 0. The Labute approximate surface area is 110 Å². The first-order valence-corrected chi connectivity index (χ1v) is 6.78. The monoisotopic (exact) mass is 248 g/mol. The third kappa shape index (κ3) is 2.85. The van der Waals surface area contributed by atoms with Crippen molar-refractivity contribution in [2.24, 2.45) is 0 Å². The zero-order valence-electron chi connectivity index (χ0n) is 11.7. The van der Waals surface area contributed by atoms with Gasteiger partial charge in [-0.1, -0.05) is 17.7 Å². The summed E-state index contributed by atoms with van der Waals surface area (Å²) in [6.45, 7) is 11.9. The average Bonchev–Trinajstić information content (AvgIpc) is 2.30. The Balaban J connectivity index is 2.10. The van der Waals surface area contributed by atoms with Gasteiger partial charge in [0.05, 0.1) is 6.61 Å². The molecule has 1 fully saturated rings. The van der Waals surface area contributed by atoms with Gasteiger partial charge in [0.25, 0.3) is 0 Å². The molecular weight excluding hydrogens is 224 g/mol. The summed E-state index contributed by atoms with van der Waals surface area (Å²) in [5, 5.41) is 8.96. The predicted molar refractivity (Wildman–Crippen MR) is 76.4 cm³/mol. The van der Waals surface area contributed by atoms with Crippen LogP contribution in [0.2, 0.25) is 0 Å². The number of aliphatic hydroxyl groups excluding tert-OH is 1. The lowest BCUT2D eigenvalue weighted by Gasteiger charge is -2.37. The third-order valence-electron chi connectivity index (χ3n) is 3.74. The van der Waals surface area contributed by atoms with E-state index >= 15 is 0 Å². The van der Waals surface area contributed by atoms with Crippen LogP contribution in [0.25, 0.3) is 0 Å². The summed E-state index contributed by atoms with van der Waals surface area (Å²) in [6, 6.07) is 4.53. The number of anilines is 1. The van der Waals surface area contributed by atoms with E-state index in [0.29, 0.717) is 0 Å². The van der Waals surface area contributed by atoms with Gasteiger partial charge in [-0.05, 0) is 31.9 Å². The summed E-state index contributed by atoms with van der Waals surface area (Å²) in [7, 11) is 0. The first kappa shape index (κ1) is 13.4. The van der Waals surface area contributed by atoms with Crippen molar-refractivity contribution >= 4 is 5.69 Å². The first-order valence-electron chi connectivity index (χ1n) is 6.78. The molecule has 0 unspecified atom stereocenters. The predicted octanol–water partition coefficient (Wildman–Crippen LogP) is 1.73. The van der Waals surface area contributed by atoms with E-state index < -0.39 is 0 Å². The Morgan fingerprint density at radius 1 is 1.00 bits per heavy atom. The molecule has 3 nitrogen and oxygen atoms in total. The number of rotatable bonds is 3. The van der Waals surface area contributed by atoms with Crippen molar-refractivity contribution in [1.29, 1.82) is 0 Å². The molecule has 1 heterocycles. The number of aryl methyl sites for hydroxylation is 3. The van der Waals surface area contributed by atoms with Crippen LogP contribution < -0.4 is 4.90 Å². The van der Waals surface area contributed by atoms with Crippen LogP contribution in [0, 0.1) is 20.8 Å². The fraction of sp³-hybridized carbons (Fsp3) is 0.600. The van der Waals surface area contributed by atoms with E-state index in [0.717, 1.165) is 32.7 Å². The summed E-state index contributed by atoms with van der Waals surface area (Å²) >= 11 is 0. The Bertz CT molecular complexity index is 386. The Kier molecular flexibility index (Phi) is 4.25. The van der Waals surface area contributed by atoms with Crippen molar-refractivity contribution in [1.82, 2.24) is 4.90 Å². The van der Waals surface area contributed by atoms with Crippen LogP contribution in [-0.2, 0) is 0 Å². The van der Waals surface area contributed by atoms with Gasteiger partial charge in [-0.15, -0.1) is 0 Å². The molecule has 1 aliphatic heterocycles. The molecule has 0 aliphatic carbocycles. The van der Waals surface area contributed by atoms with Gasteiger partial charge in [-0.2, -0.15) is 0 Å². The van der Waals surface area contributed by atoms with Gasteiger partial charge in [0.1, 0.15) is 0 Å². The molecule has 2 rings (SSSR count). The highest BCUT2D eigenvalue weighted by atomic mass is 16.3. The molecule has 100 valence electrons. The van der Waals surface area contributed by atoms with Crippen molar-refractivity contribution in [3.8, 4) is 0 Å². The largest absolute Gasteiger partial charge is 0.395 e. The van der Waals surface area contributed by atoms with Gasteiger partial charge in [0.2, 0.25) is 0 Å². The smallest absolute Gasteiger partial charge is 0.0558 e. The summed E-state index contributed by atoms with van der Waals surface area (Å²) in [4.78, 5) is 4.81. The molecule has 0 amide bonds. The molecule has 3 heteroatoms. The molecular formula is C15H24N2O. The quantitative estimate of drug-likeness (QED) is 0.882. The lowest BCUT2D eigenvalue weighted by atomic mass is 10.0. The Hall–Kier alpha value is -1.06. The molecule has 1 aromatic carbocycles. The lowest BCUT2D eigenvalue weighted by molar-refractivity contribution is 0.188. The minimum absolute atomic E-state index is 0.266. The third-order valence-corrected chi connectivity index (χ3v) is 3.74. The van der Waals surface area contributed by atoms with E-state index in [1.165, 1.54) is 22.4 Å². The molecule has 1 N–H and O–H groups in total. The zero-order valence-corrected chi connectivity index (χ0v) is 11.7. The van der Waals surface area contributed by atoms with Crippen LogP contribution >= 0.6 is 0 Å². The molecule has 0 bridgehead atoms. The second-order valence-electron chi connectivity index (χ2n) is 5.30. The minimum Gasteiger partial charge on any atom is -0.395 e. The van der Waals surface area contributed by atoms with Crippen molar-refractivity contribution in [2.45, 2.75) is 20.8 Å². The van der Waals surface area contributed by atoms with Gasteiger partial charge in [0.15, 0.2) is 0 Å². The van der Waals surface area contributed by atoms with Crippen LogP contribution in [-0.4, -0.2) is 49.3 Å². The molecule has 0 atom stereocenters. The number of benzene rings is 1. The highest BCUT2D eigenvalue weighted by molar-refractivity contribution is 5.60. The van der Waals surface area contributed by atoms with Crippen molar-refractivity contribution in [2.75, 3.05) is 44.2 Å². The second-order valence-corrected chi connectivity index (χ2v) is 5.30.